The minimum absolute atomic E-state index is 0.178. The number of carbonyl (C=O) groups excluding carboxylic acids is 1. The van der Waals surface area contributed by atoms with E-state index >= 15 is 0 Å². The van der Waals surface area contributed by atoms with Gasteiger partial charge in [-0.15, -0.1) is 0 Å². The first-order chi connectivity index (χ1) is 12.5. The standard InChI is InChI=1S/C22H23N3O/c1-15(2)17-7-9-19(10-8-17)25-22(26)18-12-21(14-23-13-18)24-20-6-4-5-16(3)11-20/h4-15,24H,1-3H3,(H,25,26). The number of amides is 1. The van der Waals surface area contributed by atoms with Gasteiger partial charge in [-0.3, -0.25) is 9.78 Å². The molecule has 2 N–H and O–H groups in total. The third-order valence-electron chi connectivity index (χ3n) is 4.14. The van der Waals surface area contributed by atoms with Crippen molar-refractivity contribution in [3.8, 4) is 0 Å². The molecule has 0 saturated carbocycles. The van der Waals surface area contributed by atoms with E-state index in [4.69, 9.17) is 0 Å². The van der Waals surface area contributed by atoms with Gasteiger partial charge in [0.25, 0.3) is 5.91 Å². The molecule has 0 bridgehead atoms. The molecule has 1 heterocycles. The predicted molar refractivity (Wildman–Crippen MR) is 107 cm³/mol. The number of nitrogens with one attached hydrogen (secondary N) is 2. The van der Waals surface area contributed by atoms with Gasteiger partial charge in [-0.05, 0) is 54.3 Å². The van der Waals surface area contributed by atoms with E-state index in [0.717, 1.165) is 17.1 Å². The molecule has 0 spiro atoms. The molecule has 0 fully saturated rings. The van der Waals surface area contributed by atoms with Crippen molar-refractivity contribution >= 4 is 23.0 Å². The average molecular weight is 345 g/mol. The monoisotopic (exact) mass is 345 g/mol. The summed E-state index contributed by atoms with van der Waals surface area (Å²) < 4.78 is 0. The second-order valence-corrected chi connectivity index (χ2v) is 6.69. The molecular formula is C22H23N3O. The summed E-state index contributed by atoms with van der Waals surface area (Å²) in [6.45, 7) is 6.33. The van der Waals surface area contributed by atoms with Gasteiger partial charge in [-0.25, -0.2) is 0 Å². The number of hydrogen-bond acceptors (Lipinski definition) is 3. The highest BCUT2D eigenvalue weighted by Gasteiger charge is 2.08. The number of nitrogens with zero attached hydrogens (tertiary/aromatic N) is 1. The van der Waals surface area contributed by atoms with Crippen molar-refractivity contribution in [2.45, 2.75) is 26.7 Å². The Hall–Kier alpha value is -3.14. The molecule has 3 rings (SSSR count). The summed E-state index contributed by atoms with van der Waals surface area (Å²) in [6, 6.07) is 17.8. The van der Waals surface area contributed by atoms with Crippen LogP contribution in [0.15, 0.2) is 67.0 Å². The van der Waals surface area contributed by atoms with Crippen molar-refractivity contribution in [2.24, 2.45) is 0 Å². The molecule has 0 unspecified atom stereocenters. The summed E-state index contributed by atoms with van der Waals surface area (Å²) in [5, 5.41) is 6.20. The molecule has 26 heavy (non-hydrogen) atoms. The summed E-state index contributed by atoms with van der Waals surface area (Å²) in [4.78, 5) is 16.7. The summed E-state index contributed by atoms with van der Waals surface area (Å²) in [6.07, 6.45) is 3.27. The fraction of sp³-hybridized carbons (Fsp3) is 0.182. The van der Waals surface area contributed by atoms with E-state index in [1.807, 2.05) is 55.5 Å². The Balaban J connectivity index is 1.71. The summed E-state index contributed by atoms with van der Waals surface area (Å²) in [7, 11) is 0. The van der Waals surface area contributed by atoms with Gasteiger partial charge in [-0.2, -0.15) is 0 Å². The maximum Gasteiger partial charge on any atom is 0.257 e. The lowest BCUT2D eigenvalue weighted by Gasteiger charge is -2.10. The van der Waals surface area contributed by atoms with Crippen molar-refractivity contribution < 1.29 is 4.79 Å². The van der Waals surface area contributed by atoms with Crippen molar-refractivity contribution in [2.75, 3.05) is 10.6 Å². The van der Waals surface area contributed by atoms with Gasteiger partial charge in [0, 0.05) is 17.6 Å². The van der Waals surface area contributed by atoms with Crippen LogP contribution < -0.4 is 10.6 Å². The number of aryl methyl sites for hydroxylation is 1. The van der Waals surface area contributed by atoms with E-state index in [0.29, 0.717) is 11.5 Å². The van der Waals surface area contributed by atoms with Crippen LogP contribution in [-0.4, -0.2) is 10.9 Å². The molecule has 0 aliphatic carbocycles. The van der Waals surface area contributed by atoms with E-state index < -0.39 is 0 Å². The zero-order valence-corrected chi connectivity index (χ0v) is 15.3. The van der Waals surface area contributed by atoms with Gasteiger partial charge >= 0.3 is 0 Å². The van der Waals surface area contributed by atoms with Gasteiger partial charge < -0.3 is 10.6 Å². The van der Waals surface area contributed by atoms with E-state index in [1.54, 1.807) is 18.5 Å². The highest BCUT2D eigenvalue weighted by Crippen LogP contribution is 2.20. The van der Waals surface area contributed by atoms with E-state index in [1.165, 1.54) is 11.1 Å². The van der Waals surface area contributed by atoms with Crippen molar-refractivity contribution in [1.29, 1.82) is 0 Å². The van der Waals surface area contributed by atoms with Gasteiger partial charge in [0.1, 0.15) is 0 Å². The molecule has 3 aromatic rings. The van der Waals surface area contributed by atoms with Crippen LogP contribution in [0.4, 0.5) is 17.1 Å². The van der Waals surface area contributed by atoms with Gasteiger partial charge in [0.05, 0.1) is 17.4 Å². The molecule has 0 radical (unpaired) electrons. The predicted octanol–water partition coefficient (Wildman–Crippen LogP) is 5.51. The number of hydrogen-bond donors (Lipinski definition) is 2. The molecule has 1 amide bonds. The second-order valence-electron chi connectivity index (χ2n) is 6.69. The second kappa shape index (κ2) is 7.83. The third kappa shape index (κ3) is 4.48. The number of carbonyl (C=O) groups is 1. The molecule has 0 atom stereocenters. The summed E-state index contributed by atoms with van der Waals surface area (Å²) in [5.41, 5.74) is 5.44. The zero-order valence-electron chi connectivity index (χ0n) is 15.3. The van der Waals surface area contributed by atoms with Gasteiger partial charge in [0.2, 0.25) is 0 Å². The largest absolute Gasteiger partial charge is 0.354 e. The first kappa shape index (κ1) is 17.7. The minimum Gasteiger partial charge on any atom is -0.354 e. The van der Waals surface area contributed by atoms with E-state index in [2.05, 4.69) is 29.5 Å². The van der Waals surface area contributed by atoms with Crippen LogP contribution in [0, 0.1) is 6.92 Å². The molecule has 132 valence electrons. The zero-order chi connectivity index (χ0) is 18.5. The number of rotatable bonds is 5. The van der Waals surface area contributed by atoms with Crippen LogP contribution in [-0.2, 0) is 0 Å². The highest BCUT2D eigenvalue weighted by atomic mass is 16.1. The Bertz CT molecular complexity index is 901. The fourth-order valence-electron chi connectivity index (χ4n) is 2.68. The number of pyridine rings is 1. The lowest BCUT2D eigenvalue weighted by atomic mass is 10.0. The van der Waals surface area contributed by atoms with Gasteiger partial charge in [-0.1, -0.05) is 38.1 Å². The smallest absolute Gasteiger partial charge is 0.257 e. The van der Waals surface area contributed by atoms with Crippen LogP contribution in [0.5, 0.6) is 0 Å². The van der Waals surface area contributed by atoms with Crippen LogP contribution in [0.3, 0.4) is 0 Å². The van der Waals surface area contributed by atoms with E-state index in [-0.39, 0.29) is 5.91 Å². The quantitative estimate of drug-likeness (QED) is 0.641. The van der Waals surface area contributed by atoms with Crippen molar-refractivity contribution in [3.05, 3.63) is 83.7 Å². The normalized spacial score (nSPS) is 10.6. The molecule has 4 heteroatoms. The Morgan fingerprint density at radius 1 is 0.923 bits per heavy atom. The number of benzene rings is 2. The highest BCUT2D eigenvalue weighted by molar-refractivity contribution is 6.04. The van der Waals surface area contributed by atoms with E-state index in [9.17, 15) is 4.79 Å². The topological polar surface area (TPSA) is 54.0 Å². The van der Waals surface area contributed by atoms with Crippen molar-refractivity contribution in [3.63, 3.8) is 0 Å². The van der Waals surface area contributed by atoms with Crippen molar-refractivity contribution in [1.82, 2.24) is 4.98 Å². The first-order valence-corrected chi connectivity index (χ1v) is 8.71. The van der Waals surface area contributed by atoms with Gasteiger partial charge in [0.15, 0.2) is 0 Å². The Kier molecular flexibility index (Phi) is 5.32. The maximum absolute atomic E-state index is 12.5. The van der Waals surface area contributed by atoms with Crippen LogP contribution in [0.1, 0.15) is 41.3 Å². The number of aromatic nitrogens is 1. The third-order valence-corrected chi connectivity index (χ3v) is 4.14. The molecular weight excluding hydrogens is 322 g/mol. The lowest BCUT2D eigenvalue weighted by molar-refractivity contribution is 0.102. The SMILES string of the molecule is Cc1cccc(Nc2cncc(C(=O)Nc3ccc(C(C)C)cc3)c2)c1. The fourth-order valence-corrected chi connectivity index (χ4v) is 2.68. The first-order valence-electron chi connectivity index (χ1n) is 8.71. The molecule has 4 nitrogen and oxygen atoms in total. The molecule has 0 saturated heterocycles. The van der Waals surface area contributed by atoms with Crippen LogP contribution >= 0.6 is 0 Å². The number of anilines is 3. The van der Waals surface area contributed by atoms with Crippen LogP contribution in [0.25, 0.3) is 0 Å². The Morgan fingerprint density at radius 3 is 2.38 bits per heavy atom. The molecule has 0 aliphatic heterocycles. The summed E-state index contributed by atoms with van der Waals surface area (Å²) >= 11 is 0. The minimum atomic E-state index is -0.178. The molecule has 2 aromatic carbocycles. The Morgan fingerprint density at radius 2 is 1.69 bits per heavy atom. The molecule has 1 aromatic heterocycles. The Labute approximate surface area is 154 Å². The average Bonchev–Trinajstić information content (AvgIpc) is 2.62. The van der Waals surface area contributed by atoms with Crippen LogP contribution in [0.2, 0.25) is 0 Å². The maximum atomic E-state index is 12.5. The lowest BCUT2D eigenvalue weighted by Crippen LogP contribution is -2.12. The summed E-state index contributed by atoms with van der Waals surface area (Å²) in [5.74, 6) is 0.288. The molecule has 0 aliphatic rings.